The van der Waals surface area contributed by atoms with E-state index in [2.05, 4.69) is 15.4 Å². The Morgan fingerprint density at radius 1 is 1.28 bits per heavy atom. The van der Waals surface area contributed by atoms with E-state index in [1.807, 2.05) is 0 Å². The van der Waals surface area contributed by atoms with Gasteiger partial charge >= 0.3 is 18.2 Å². The van der Waals surface area contributed by atoms with E-state index in [0.717, 1.165) is 0 Å². The number of benzene rings is 1. The predicted molar refractivity (Wildman–Crippen MR) is 90.7 cm³/mol. The van der Waals surface area contributed by atoms with E-state index >= 15 is 0 Å². The molecule has 1 heterocycles. The van der Waals surface area contributed by atoms with Crippen molar-refractivity contribution < 1.29 is 28.6 Å². The van der Waals surface area contributed by atoms with Crippen LogP contribution in [0.2, 0.25) is 0 Å². The van der Waals surface area contributed by atoms with E-state index < -0.39 is 18.2 Å². The van der Waals surface area contributed by atoms with Gasteiger partial charge in [-0.15, -0.1) is 11.8 Å². The van der Waals surface area contributed by atoms with Crippen LogP contribution in [0.3, 0.4) is 0 Å². The first-order chi connectivity index (χ1) is 12.1. The molecule has 2 N–H and O–H groups in total. The second kappa shape index (κ2) is 9.38. The molecule has 0 aromatic heterocycles. The Bertz CT molecular complexity index is 702. The molecule has 2 rings (SSSR count). The second-order valence-corrected chi connectivity index (χ2v) is 5.53. The number of ether oxygens (including phenoxy) is 3. The number of thioether (sulfide) groups is 1. The summed E-state index contributed by atoms with van der Waals surface area (Å²) in [6, 6.07) is 8.48. The van der Waals surface area contributed by atoms with E-state index in [9.17, 15) is 14.4 Å². The lowest BCUT2D eigenvalue weighted by Crippen LogP contribution is -2.29. The zero-order valence-electron chi connectivity index (χ0n) is 13.3. The first kappa shape index (κ1) is 18.4. The minimum atomic E-state index is -0.773. The molecular formula is C16H16N2O6S. The molecule has 132 valence electrons. The highest BCUT2D eigenvalue weighted by atomic mass is 32.2. The van der Waals surface area contributed by atoms with Crippen LogP contribution in [-0.4, -0.2) is 37.6 Å². The topological polar surface area (TPSA) is 103 Å². The highest BCUT2D eigenvalue weighted by Crippen LogP contribution is 2.19. The summed E-state index contributed by atoms with van der Waals surface area (Å²) in [4.78, 5) is 34.5. The number of hydrogen-bond acceptors (Lipinski definition) is 7. The molecule has 9 heteroatoms. The highest BCUT2D eigenvalue weighted by Gasteiger charge is 2.26. The summed E-state index contributed by atoms with van der Waals surface area (Å²) in [6.07, 6.45) is 0.0535. The maximum Gasteiger partial charge on any atom is 0.417 e. The summed E-state index contributed by atoms with van der Waals surface area (Å²) < 4.78 is 14.4. The van der Waals surface area contributed by atoms with Crippen molar-refractivity contribution in [3.63, 3.8) is 0 Å². The van der Waals surface area contributed by atoms with Gasteiger partial charge < -0.3 is 14.2 Å². The predicted octanol–water partition coefficient (Wildman–Crippen LogP) is 2.15. The molecule has 0 unspecified atom stereocenters. The Balaban J connectivity index is 1.89. The molecule has 1 aromatic carbocycles. The van der Waals surface area contributed by atoms with E-state index in [1.165, 1.54) is 25.1 Å². The Morgan fingerprint density at radius 2 is 2.04 bits per heavy atom. The average molecular weight is 364 g/mol. The van der Waals surface area contributed by atoms with Gasteiger partial charge in [0, 0.05) is 17.5 Å². The third kappa shape index (κ3) is 5.88. The number of carbonyl (C=O) groups is 3. The molecule has 0 fully saturated rings. The Kier molecular flexibility index (Phi) is 6.90. The SMILES string of the molecule is COC(=O)N/C=C\SCC1=C(NC(=O)Oc2ccccc2)C(=O)OC1. The first-order valence-corrected chi connectivity index (χ1v) is 8.19. The van der Waals surface area contributed by atoms with Gasteiger partial charge in [0.25, 0.3) is 0 Å². The van der Waals surface area contributed by atoms with E-state index in [-0.39, 0.29) is 12.3 Å². The molecule has 1 aromatic rings. The lowest BCUT2D eigenvalue weighted by molar-refractivity contribution is -0.136. The summed E-state index contributed by atoms with van der Waals surface area (Å²) in [6.45, 7) is 0.0883. The van der Waals surface area contributed by atoms with Gasteiger partial charge in [0.15, 0.2) is 0 Å². The molecule has 25 heavy (non-hydrogen) atoms. The van der Waals surface area contributed by atoms with Crippen molar-refractivity contribution >= 4 is 29.9 Å². The minimum absolute atomic E-state index is 0.0720. The monoisotopic (exact) mass is 364 g/mol. The second-order valence-electron chi connectivity index (χ2n) is 4.63. The number of hydrogen-bond donors (Lipinski definition) is 2. The minimum Gasteiger partial charge on any atom is -0.456 e. The third-order valence-corrected chi connectivity index (χ3v) is 3.77. The van der Waals surface area contributed by atoms with Crippen LogP contribution in [0.5, 0.6) is 5.75 Å². The van der Waals surface area contributed by atoms with E-state index in [0.29, 0.717) is 17.1 Å². The molecule has 0 atom stereocenters. The fourth-order valence-corrected chi connectivity index (χ4v) is 2.46. The average Bonchev–Trinajstić information content (AvgIpc) is 2.95. The number of methoxy groups -OCH3 is 1. The van der Waals surface area contributed by atoms with Gasteiger partial charge in [0.05, 0.1) is 7.11 Å². The maximum atomic E-state index is 11.9. The quantitative estimate of drug-likeness (QED) is 0.746. The molecule has 0 saturated carbocycles. The van der Waals surface area contributed by atoms with Crippen molar-refractivity contribution in [2.45, 2.75) is 0 Å². The van der Waals surface area contributed by atoms with Gasteiger partial charge in [-0.3, -0.25) is 10.6 Å². The number of rotatable bonds is 6. The molecular weight excluding hydrogens is 348 g/mol. The number of esters is 1. The molecule has 0 spiro atoms. The summed E-state index contributed by atoms with van der Waals surface area (Å²) in [5.74, 6) is 0.142. The van der Waals surface area contributed by atoms with Crippen molar-refractivity contribution in [2.75, 3.05) is 19.5 Å². The van der Waals surface area contributed by atoms with Gasteiger partial charge in [-0.2, -0.15) is 0 Å². The molecule has 0 bridgehead atoms. The normalized spacial score (nSPS) is 13.6. The number of amides is 2. The van der Waals surface area contributed by atoms with Gasteiger partial charge in [0.1, 0.15) is 18.1 Å². The van der Waals surface area contributed by atoms with E-state index in [1.54, 1.807) is 35.7 Å². The number of cyclic esters (lactones) is 1. The van der Waals surface area contributed by atoms with Crippen molar-refractivity contribution in [1.29, 1.82) is 0 Å². The van der Waals surface area contributed by atoms with Crippen LogP contribution >= 0.6 is 11.8 Å². The van der Waals surface area contributed by atoms with Gasteiger partial charge in [-0.1, -0.05) is 18.2 Å². The van der Waals surface area contributed by atoms with Crippen molar-refractivity contribution in [2.24, 2.45) is 0 Å². The molecule has 2 amide bonds. The molecule has 0 aliphatic carbocycles. The molecule has 8 nitrogen and oxygen atoms in total. The van der Waals surface area contributed by atoms with Crippen LogP contribution in [0, 0.1) is 0 Å². The molecule has 0 saturated heterocycles. The van der Waals surface area contributed by atoms with Gasteiger partial charge in [0.2, 0.25) is 0 Å². The fraction of sp³-hybridized carbons (Fsp3) is 0.188. The molecule has 1 aliphatic heterocycles. The molecule has 0 radical (unpaired) electrons. The number of nitrogens with one attached hydrogen (secondary N) is 2. The number of para-hydroxylation sites is 1. The van der Waals surface area contributed by atoms with Crippen LogP contribution in [0.25, 0.3) is 0 Å². The maximum absolute atomic E-state index is 11.9. The van der Waals surface area contributed by atoms with Crippen LogP contribution in [-0.2, 0) is 14.3 Å². The van der Waals surface area contributed by atoms with Gasteiger partial charge in [-0.05, 0) is 17.5 Å². The summed E-state index contributed by atoms with van der Waals surface area (Å²) in [5, 5.41) is 6.40. The summed E-state index contributed by atoms with van der Waals surface area (Å²) in [7, 11) is 1.26. The lowest BCUT2D eigenvalue weighted by Gasteiger charge is -2.06. The fourth-order valence-electron chi connectivity index (χ4n) is 1.78. The summed E-state index contributed by atoms with van der Waals surface area (Å²) >= 11 is 1.31. The Morgan fingerprint density at radius 3 is 2.76 bits per heavy atom. The summed E-state index contributed by atoms with van der Waals surface area (Å²) in [5.41, 5.74) is 0.686. The van der Waals surface area contributed by atoms with Crippen LogP contribution in [0.15, 0.2) is 53.2 Å². The van der Waals surface area contributed by atoms with Crippen molar-refractivity contribution in [3.8, 4) is 5.75 Å². The van der Waals surface area contributed by atoms with Crippen LogP contribution in [0.4, 0.5) is 9.59 Å². The number of alkyl carbamates (subject to hydrolysis) is 1. The Labute approximate surface area is 148 Å². The zero-order valence-corrected chi connectivity index (χ0v) is 14.1. The number of carbonyl (C=O) groups excluding carboxylic acids is 3. The largest absolute Gasteiger partial charge is 0.456 e. The highest BCUT2D eigenvalue weighted by molar-refractivity contribution is 8.02. The Hall–Kier alpha value is -2.94. The first-order valence-electron chi connectivity index (χ1n) is 7.14. The van der Waals surface area contributed by atoms with E-state index in [4.69, 9.17) is 9.47 Å². The molecule has 1 aliphatic rings. The van der Waals surface area contributed by atoms with Crippen LogP contribution < -0.4 is 15.4 Å². The van der Waals surface area contributed by atoms with Crippen molar-refractivity contribution in [1.82, 2.24) is 10.6 Å². The van der Waals surface area contributed by atoms with Crippen LogP contribution in [0.1, 0.15) is 0 Å². The standard InChI is InChI=1S/C16H16N2O6S/c1-22-15(20)17-7-8-25-10-11-9-23-14(19)13(11)18-16(21)24-12-5-3-2-4-6-12/h2-8H,9-10H2,1H3,(H,17,20)(H,18,21)/b8-7-. The van der Waals surface area contributed by atoms with Crippen molar-refractivity contribution in [3.05, 3.63) is 53.2 Å². The zero-order chi connectivity index (χ0) is 18.1. The lowest BCUT2D eigenvalue weighted by atomic mass is 10.3. The van der Waals surface area contributed by atoms with Gasteiger partial charge in [-0.25, -0.2) is 14.4 Å². The third-order valence-electron chi connectivity index (χ3n) is 2.92. The smallest absolute Gasteiger partial charge is 0.417 e.